The lowest BCUT2D eigenvalue weighted by atomic mass is 9.96. The Balaban J connectivity index is 1.58. The summed E-state index contributed by atoms with van der Waals surface area (Å²) in [5.41, 5.74) is 0.727. The van der Waals surface area contributed by atoms with Gasteiger partial charge in [0.2, 0.25) is 0 Å². The minimum absolute atomic E-state index is 0.426. The van der Waals surface area contributed by atoms with Gasteiger partial charge in [0.15, 0.2) is 11.2 Å². The van der Waals surface area contributed by atoms with Crippen molar-refractivity contribution < 1.29 is 23.8 Å². The highest BCUT2D eigenvalue weighted by molar-refractivity contribution is 5.79. The summed E-state index contributed by atoms with van der Waals surface area (Å²) < 4.78 is 16.6. The van der Waals surface area contributed by atoms with Crippen LogP contribution in [-0.2, 0) is 15.1 Å². The standard InChI is InChI=1S/C20H22N2O5/c1-20(25-3,18(23)24)14-8-10-15(11-9-14)26-13-12-22(2)19-21-16-6-4-5-7-17(16)27-19/h4-11H,12-13H2,1-3H3,(H,23,24). The molecule has 7 nitrogen and oxygen atoms in total. The zero-order chi connectivity index (χ0) is 19.4. The van der Waals surface area contributed by atoms with E-state index in [9.17, 15) is 9.90 Å². The first-order valence-corrected chi connectivity index (χ1v) is 8.52. The molecule has 0 fully saturated rings. The molecule has 1 N–H and O–H groups in total. The lowest BCUT2D eigenvalue weighted by molar-refractivity contribution is -0.161. The Labute approximate surface area is 157 Å². The largest absolute Gasteiger partial charge is 0.492 e. The smallest absolute Gasteiger partial charge is 0.340 e. The van der Waals surface area contributed by atoms with Crippen LogP contribution in [0.3, 0.4) is 0 Å². The molecule has 1 unspecified atom stereocenters. The minimum atomic E-state index is -1.38. The summed E-state index contributed by atoms with van der Waals surface area (Å²) in [6, 6.07) is 15.0. The Kier molecular flexibility index (Phi) is 5.32. The summed E-state index contributed by atoms with van der Waals surface area (Å²) in [6.07, 6.45) is 0. The van der Waals surface area contributed by atoms with Crippen LogP contribution in [0.4, 0.5) is 6.01 Å². The molecule has 1 aromatic heterocycles. The fraction of sp³-hybridized carbons (Fsp3) is 0.300. The molecule has 27 heavy (non-hydrogen) atoms. The van der Waals surface area contributed by atoms with Crippen LogP contribution in [0.2, 0.25) is 0 Å². The van der Waals surface area contributed by atoms with Gasteiger partial charge >= 0.3 is 5.97 Å². The Bertz CT molecular complexity index is 889. The van der Waals surface area contributed by atoms with Gasteiger partial charge in [-0.15, -0.1) is 0 Å². The number of methoxy groups -OCH3 is 1. The number of hydrogen-bond donors (Lipinski definition) is 1. The number of benzene rings is 2. The normalized spacial score (nSPS) is 13.3. The van der Waals surface area contributed by atoms with Gasteiger partial charge in [-0.05, 0) is 36.8 Å². The van der Waals surface area contributed by atoms with Crippen LogP contribution < -0.4 is 9.64 Å². The molecule has 0 saturated carbocycles. The molecule has 0 aliphatic heterocycles. The number of hydrogen-bond acceptors (Lipinski definition) is 6. The SMILES string of the molecule is COC(C)(C(=O)O)c1ccc(OCCN(C)c2nc3ccccc3o2)cc1. The predicted molar refractivity (Wildman–Crippen MR) is 101 cm³/mol. The van der Waals surface area contributed by atoms with E-state index in [-0.39, 0.29) is 0 Å². The fourth-order valence-corrected chi connectivity index (χ4v) is 2.62. The van der Waals surface area contributed by atoms with Crippen LogP contribution in [0.25, 0.3) is 11.1 Å². The maximum atomic E-state index is 11.4. The second-order valence-electron chi connectivity index (χ2n) is 6.30. The summed E-state index contributed by atoms with van der Waals surface area (Å²) in [4.78, 5) is 17.7. The summed E-state index contributed by atoms with van der Waals surface area (Å²) in [5, 5.41) is 9.34. The number of para-hydroxylation sites is 2. The quantitative estimate of drug-likeness (QED) is 0.651. The number of rotatable bonds is 8. The van der Waals surface area contributed by atoms with E-state index in [1.165, 1.54) is 14.0 Å². The molecular formula is C20H22N2O5. The Morgan fingerprint density at radius 3 is 2.56 bits per heavy atom. The zero-order valence-corrected chi connectivity index (χ0v) is 15.5. The highest BCUT2D eigenvalue weighted by atomic mass is 16.5. The maximum absolute atomic E-state index is 11.4. The molecule has 0 spiro atoms. The van der Waals surface area contributed by atoms with E-state index in [2.05, 4.69) is 4.98 Å². The van der Waals surface area contributed by atoms with E-state index < -0.39 is 11.6 Å². The third-order valence-electron chi connectivity index (χ3n) is 4.53. The number of carbonyl (C=O) groups is 1. The van der Waals surface area contributed by atoms with Crippen molar-refractivity contribution in [1.82, 2.24) is 4.98 Å². The van der Waals surface area contributed by atoms with Crippen LogP contribution in [0.1, 0.15) is 12.5 Å². The number of likely N-dealkylation sites (N-methyl/N-ethyl adjacent to an activating group) is 1. The van der Waals surface area contributed by atoms with Gasteiger partial charge in [0, 0.05) is 14.2 Å². The lowest BCUT2D eigenvalue weighted by Gasteiger charge is -2.23. The molecule has 7 heteroatoms. The Morgan fingerprint density at radius 1 is 1.22 bits per heavy atom. The monoisotopic (exact) mass is 370 g/mol. The molecule has 3 rings (SSSR count). The molecule has 0 radical (unpaired) electrons. The second-order valence-corrected chi connectivity index (χ2v) is 6.30. The van der Waals surface area contributed by atoms with E-state index in [4.69, 9.17) is 13.9 Å². The van der Waals surface area contributed by atoms with Gasteiger partial charge in [0.1, 0.15) is 17.9 Å². The van der Waals surface area contributed by atoms with Crippen molar-refractivity contribution in [3.8, 4) is 5.75 Å². The summed E-state index contributed by atoms with van der Waals surface area (Å²) in [7, 11) is 3.26. The molecule has 0 aliphatic carbocycles. The first-order valence-electron chi connectivity index (χ1n) is 8.52. The van der Waals surface area contributed by atoms with Gasteiger partial charge in [-0.3, -0.25) is 0 Å². The molecular weight excluding hydrogens is 348 g/mol. The molecule has 0 saturated heterocycles. The van der Waals surface area contributed by atoms with Crippen molar-refractivity contribution in [3.63, 3.8) is 0 Å². The number of carboxylic acids is 1. The van der Waals surface area contributed by atoms with Crippen LogP contribution in [-0.4, -0.2) is 43.4 Å². The fourth-order valence-electron chi connectivity index (χ4n) is 2.62. The first-order chi connectivity index (χ1) is 12.9. The van der Waals surface area contributed by atoms with Gasteiger partial charge in [-0.25, -0.2) is 4.79 Å². The number of aromatic nitrogens is 1. The van der Waals surface area contributed by atoms with Gasteiger partial charge in [0.05, 0.1) is 6.54 Å². The Morgan fingerprint density at radius 2 is 1.93 bits per heavy atom. The predicted octanol–water partition coefficient (Wildman–Crippen LogP) is 3.29. The van der Waals surface area contributed by atoms with Gasteiger partial charge in [-0.2, -0.15) is 4.98 Å². The lowest BCUT2D eigenvalue weighted by Crippen LogP contribution is -2.34. The minimum Gasteiger partial charge on any atom is -0.492 e. The third-order valence-corrected chi connectivity index (χ3v) is 4.53. The third kappa shape index (κ3) is 3.88. The maximum Gasteiger partial charge on any atom is 0.340 e. The van der Waals surface area contributed by atoms with Crippen LogP contribution in [0, 0.1) is 0 Å². The topological polar surface area (TPSA) is 85.0 Å². The molecule has 3 aromatic rings. The molecule has 142 valence electrons. The van der Waals surface area contributed by atoms with E-state index in [1.807, 2.05) is 36.2 Å². The van der Waals surface area contributed by atoms with E-state index in [0.29, 0.717) is 30.5 Å². The molecule has 0 aliphatic rings. The number of carboxylic acid groups (broad SMARTS) is 1. The van der Waals surface area contributed by atoms with Gasteiger partial charge < -0.3 is 23.9 Å². The van der Waals surface area contributed by atoms with Crippen LogP contribution >= 0.6 is 0 Å². The second kappa shape index (κ2) is 7.67. The molecule has 0 amide bonds. The highest BCUT2D eigenvalue weighted by Crippen LogP contribution is 2.27. The van der Waals surface area contributed by atoms with E-state index in [0.717, 1.165) is 11.1 Å². The highest BCUT2D eigenvalue weighted by Gasteiger charge is 2.35. The van der Waals surface area contributed by atoms with E-state index in [1.54, 1.807) is 24.3 Å². The van der Waals surface area contributed by atoms with E-state index >= 15 is 0 Å². The van der Waals surface area contributed by atoms with Crippen LogP contribution in [0.15, 0.2) is 52.9 Å². The van der Waals surface area contributed by atoms with Gasteiger partial charge in [0.25, 0.3) is 6.01 Å². The number of anilines is 1. The number of ether oxygens (including phenoxy) is 2. The number of nitrogens with zero attached hydrogens (tertiary/aromatic N) is 2. The summed E-state index contributed by atoms with van der Waals surface area (Å²) in [6.45, 7) is 2.52. The van der Waals surface area contributed by atoms with Crippen molar-refractivity contribution in [3.05, 3.63) is 54.1 Å². The molecule has 2 aromatic carbocycles. The van der Waals surface area contributed by atoms with Crippen molar-refractivity contribution in [2.45, 2.75) is 12.5 Å². The van der Waals surface area contributed by atoms with Crippen molar-refractivity contribution in [2.24, 2.45) is 0 Å². The molecule has 1 heterocycles. The zero-order valence-electron chi connectivity index (χ0n) is 15.5. The molecule has 1 atom stereocenters. The Hall–Kier alpha value is -3.06. The van der Waals surface area contributed by atoms with Gasteiger partial charge in [-0.1, -0.05) is 24.3 Å². The summed E-state index contributed by atoms with van der Waals surface area (Å²) >= 11 is 0. The number of fused-ring (bicyclic) bond motifs is 1. The number of oxazole rings is 1. The van der Waals surface area contributed by atoms with Crippen LogP contribution in [0.5, 0.6) is 5.75 Å². The first kappa shape index (κ1) is 18.7. The van der Waals surface area contributed by atoms with Crippen molar-refractivity contribution >= 4 is 23.1 Å². The average Bonchev–Trinajstić information content (AvgIpc) is 3.12. The summed E-state index contributed by atoms with van der Waals surface area (Å²) in [5.74, 6) is -0.396. The van der Waals surface area contributed by atoms with Crippen molar-refractivity contribution in [2.75, 3.05) is 32.2 Å². The molecule has 0 bridgehead atoms. The number of aliphatic carboxylic acids is 1. The van der Waals surface area contributed by atoms with Crippen molar-refractivity contribution in [1.29, 1.82) is 0 Å². The average molecular weight is 370 g/mol.